The predicted molar refractivity (Wildman–Crippen MR) is 99.0 cm³/mol. The molecule has 0 spiro atoms. The summed E-state index contributed by atoms with van der Waals surface area (Å²) in [5, 5.41) is 12.0. The minimum atomic E-state index is -0.907. The third-order valence-electron chi connectivity index (χ3n) is 4.31. The van der Waals surface area contributed by atoms with Crippen molar-refractivity contribution in [1.29, 1.82) is 0 Å². The van der Waals surface area contributed by atoms with Crippen molar-refractivity contribution in [3.63, 3.8) is 0 Å². The molecule has 2 N–H and O–H groups in total. The number of benzene rings is 1. The molecule has 0 saturated carbocycles. The highest BCUT2D eigenvalue weighted by atomic mass is 16.5. The van der Waals surface area contributed by atoms with Gasteiger partial charge < -0.3 is 24.8 Å². The Labute approximate surface area is 158 Å². The van der Waals surface area contributed by atoms with Gasteiger partial charge in [-0.05, 0) is 38.3 Å². The number of hydrogen-bond donors (Lipinski definition) is 2. The zero-order chi connectivity index (χ0) is 20.1. The molecule has 0 aromatic heterocycles. The first kappa shape index (κ1) is 20.5. The monoisotopic (exact) mass is 378 g/mol. The molecule has 148 valence electrons. The Bertz CT molecular complexity index is 718. The third-order valence-corrected chi connectivity index (χ3v) is 4.31. The minimum absolute atomic E-state index is 0.0818. The number of ether oxygens (including phenoxy) is 2. The summed E-state index contributed by atoms with van der Waals surface area (Å²) in [6, 6.07) is 4.38. The van der Waals surface area contributed by atoms with Gasteiger partial charge in [-0.25, -0.2) is 9.59 Å². The number of nitrogens with one attached hydrogen (secondary N) is 1. The molecule has 27 heavy (non-hydrogen) atoms. The smallest absolute Gasteiger partial charge is 0.341 e. The number of piperidine rings is 1. The van der Waals surface area contributed by atoms with Crippen molar-refractivity contribution in [2.24, 2.45) is 11.8 Å². The maximum absolute atomic E-state index is 12.7. The van der Waals surface area contributed by atoms with Gasteiger partial charge in [0.1, 0.15) is 5.56 Å². The SMILES string of the molecule is COC(=O)c1cccc(NC(=O)N2CC(C)CC(C(=O)O)C2)c1OC(C)C. The van der Waals surface area contributed by atoms with E-state index in [1.807, 2.05) is 20.8 Å². The van der Waals surface area contributed by atoms with E-state index >= 15 is 0 Å². The molecular weight excluding hydrogens is 352 g/mol. The number of nitrogens with zero attached hydrogens (tertiary/aromatic N) is 1. The number of amides is 2. The lowest BCUT2D eigenvalue weighted by Crippen LogP contribution is -2.47. The normalized spacial score (nSPS) is 19.5. The van der Waals surface area contributed by atoms with Crippen LogP contribution in [0.1, 0.15) is 37.6 Å². The van der Waals surface area contributed by atoms with Crippen molar-refractivity contribution in [3.8, 4) is 5.75 Å². The van der Waals surface area contributed by atoms with Crippen LogP contribution in [0.4, 0.5) is 10.5 Å². The van der Waals surface area contributed by atoms with Crippen LogP contribution in [-0.4, -0.2) is 54.3 Å². The highest BCUT2D eigenvalue weighted by Gasteiger charge is 2.32. The number of methoxy groups -OCH3 is 1. The summed E-state index contributed by atoms with van der Waals surface area (Å²) >= 11 is 0. The molecule has 1 aromatic carbocycles. The number of hydrogen-bond acceptors (Lipinski definition) is 5. The van der Waals surface area contributed by atoms with Crippen LogP contribution in [0.2, 0.25) is 0 Å². The van der Waals surface area contributed by atoms with Crippen LogP contribution in [0.5, 0.6) is 5.75 Å². The second-order valence-electron chi connectivity index (χ2n) is 7.05. The van der Waals surface area contributed by atoms with Gasteiger partial charge in [0.25, 0.3) is 0 Å². The van der Waals surface area contributed by atoms with Gasteiger partial charge in [-0.15, -0.1) is 0 Å². The Hall–Kier alpha value is -2.77. The lowest BCUT2D eigenvalue weighted by molar-refractivity contribution is -0.143. The lowest BCUT2D eigenvalue weighted by atomic mass is 9.91. The minimum Gasteiger partial charge on any atom is -0.488 e. The number of rotatable bonds is 5. The fourth-order valence-electron chi connectivity index (χ4n) is 3.16. The van der Waals surface area contributed by atoms with Gasteiger partial charge in [-0.1, -0.05) is 13.0 Å². The van der Waals surface area contributed by atoms with E-state index in [0.717, 1.165) is 0 Å². The summed E-state index contributed by atoms with van der Waals surface area (Å²) in [6.45, 7) is 6.14. The van der Waals surface area contributed by atoms with E-state index in [2.05, 4.69) is 5.32 Å². The first-order chi connectivity index (χ1) is 12.7. The topological polar surface area (TPSA) is 105 Å². The zero-order valence-corrected chi connectivity index (χ0v) is 16.0. The van der Waals surface area contributed by atoms with Crippen LogP contribution < -0.4 is 10.1 Å². The molecule has 8 nitrogen and oxygen atoms in total. The molecule has 2 atom stereocenters. The van der Waals surface area contributed by atoms with Gasteiger partial charge in [0.15, 0.2) is 5.75 Å². The maximum atomic E-state index is 12.7. The first-order valence-electron chi connectivity index (χ1n) is 8.89. The van der Waals surface area contributed by atoms with Gasteiger partial charge in [-0.3, -0.25) is 4.79 Å². The van der Waals surface area contributed by atoms with Crippen molar-refractivity contribution in [2.45, 2.75) is 33.3 Å². The second-order valence-corrected chi connectivity index (χ2v) is 7.05. The van der Waals surface area contributed by atoms with Crippen LogP contribution >= 0.6 is 0 Å². The number of carbonyl (C=O) groups is 3. The summed E-state index contributed by atoms with van der Waals surface area (Å²) in [4.78, 5) is 37.6. The molecule has 1 saturated heterocycles. The van der Waals surface area contributed by atoms with Gasteiger partial charge in [0, 0.05) is 13.1 Å². The van der Waals surface area contributed by atoms with E-state index in [0.29, 0.717) is 18.7 Å². The second kappa shape index (κ2) is 8.75. The Morgan fingerprint density at radius 1 is 1.26 bits per heavy atom. The summed E-state index contributed by atoms with van der Waals surface area (Å²) in [5.74, 6) is -1.76. The molecule has 1 fully saturated rings. The summed E-state index contributed by atoms with van der Waals surface area (Å²) in [7, 11) is 1.27. The first-order valence-corrected chi connectivity index (χ1v) is 8.89. The summed E-state index contributed by atoms with van der Waals surface area (Å²) < 4.78 is 10.5. The fourth-order valence-corrected chi connectivity index (χ4v) is 3.16. The number of carboxylic acids is 1. The molecule has 0 radical (unpaired) electrons. The predicted octanol–water partition coefficient (Wildman–Crippen LogP) is 2.83. The van der Waals surface area contributed by atoms with E-state index in [-0.39, 0.29) is 29.9 Å². The molecule has 0 bridgehead atoms. The average molecular weight is 378 g/mol. The maximum Gasteiger partial charge on any atom is 0.341 e. The Balaban J connectivity index is 2.26. The van der Waals surface area contributed by atoms with Crippen molar-refractivity contribution >= 4 is 23.7 Å². The highest BCUT2D eigenvalue weighted by molar-refractivity contribution is 5.98. The van der Waals surface area contributed by atoms with Crippen LogP contribution in [0.3, 0.4) is 0 Å². The van der Waals surface area contributed by atoms with E-state index in [9.17, 15) is 19.5 Å². The van der Waals surface area contributed by atoms with Crippen LogP contribution in [0.15, 0.2) is 18.2 Å². The van der Waals surface area contributed by atoms with Crippen molar-refractivity contribution < 1.29 is 29.0 Å². The molecule has 0 aliphatic carbocycles. The molecule has 1 aliphatic rings. The van der Waals surface area contributed by atoms with Crippen LogP contribution in [-0.2, 0) is 9.53 Å². The van der Waals surface area contributed by atoms with E-state index in [1.165, 1.54) is 12.0 Å². The van der Waals surface area contributed by atoms with Gasteiger partial charge in [0.2, 0.25) is 0 Å². The van der Waals surface area contributed by atoms with E-state index in [1.54, 1.807) is 18.2 Å². The Kier molecular flexibility index (Phi) is 6.65. The number of aliphatic carboxylic acids is 1. The van der Waals surface area contributed by atoms with E-state index < -0.39 is 23.9 Å². The zero-order valence-electron chi connectivity index (χ0n) is 16.0. The van der Waals surface area contributed by atoms with Crippen molar-refractivity contribution in [2.75, 3.05) is 25.5 Å². The molecule has 2 amide bonds. The lowest BCUT2D eigenvalue weighted by Gasteiger charge is -2.34. The number of anilines is 1. The summed E-state index contributed by atoms with van der Waals surface area (Å²) in [6.07, 6.45) is 0.316. The Morgan fingerprint density at radius 2 is 1.96 bits per heavy atom. The summed E-state index contributed by atoms with van der Waals surface area (Å²) in [5.41, 5.74) is 0.543. The van der Waals surface area contributed by atoms with Crippen LogP contribution in [0.25, 0.3) is 0 Å². The number of esters is 1. The van der Waals surface area contributed by atoms with Crippen molar-refractivity contribution in [3.05, 3.63) is 23.8 Å². The average Bonchev–Trinajstić information content (AvgIpc) is 2.61. The quantitative estimate of drug-likeness (QED) is 0.764. The largest absolute Gasteiger partial charge is 0.488 e. The molecule has 2 unspecified atom stereocenters. The van der Waals surface area contributed by atoms with Gasteiger partial charge >= 0.3 is 18.0 Å². The van der Waals surface area contributed by atoms with Gasteiger partial charge in [-0.2, -0.15) is 0 Å². The molecular formula is C19H26N2O6. The highest BCUT2D eigenvalue weighted by Crippen LogP contribution is 2.31. The molecule has 2 rings (SSSR count). The van der Waals surface area contributed by atoms with Crippen LogP contribution in [0, 0.1) is 11.8 Å². The standard InChI is InChI=1S/C19H26N2O6/c1-11(2)27-16-14(18(24)26-4)6-5-7-15(16)20-19(25)21-9-12(3)8-13(10-21)17(22)23/h5-7,11-13H,8-10H2,1-4H3,(H,20,25)(H,22,23). The van der Waals surface area contributed by atoms with Gasteiger partial charge in [0.05, 0.1) is 24.8 Å². The number of para-hydroxylation sites is 1. The molecule has 8 heteroatoms. The number of carbonyl (C=O) groups excluding carboxylic acids is 2. The molecule has 1 heterocycles. The number of carboxylic acid groups (broad SMARTS) is 1. The van der Waals surface area contributed by atoms with E-state index in [4.69, 9.17) is 9.47 Å². The molecule has 1 aromatic rings. The van der Waals surface area contributed by atoms with Crippen molar-refractivity contribution in [1.82, 2.24) is 4.90 Å². The number of likely N-dealkylation sites (tertiary alicyclic amines) is 1. The Morgan fingerprint density at radius 3 is 2.56 bits per heavy atom. The molecule has 1 aliphatic heterocycles. The fraction of sp³-hybridized carbons (Fsp3) is 0.526. The number of urea groups is 1. The third kappa shape index (κ3) is 5.12.